The van der Waals surface area contributed by atoms with Gasteiger partial charge in [0.2, 0.25) is 11.8 Å². The van der Waals surface area contributed by atoms with Crippen molar-refractivity contribution in [3.05, 3.63) is 59.7 Å². The lowest BCUT2D eigenvalue weighted by Gasteiger charge is -2.22. The smallest absolute Gasteiger partial charge is 0.228 e. The fourth-order valence-electron chi connectivity index (χ4n) is 3.56. The van der Waals surface area contributed by atoms with Gasteiger partial charge in [-0.2, -0.15) is 0 Å². The fourth-order valence-corrected chi connectivity index (χ4v) is 3.56. The zero-order valence-corrected chi connectivity index (χ0v) is 17.0. The molecule has 0 bridgehead atoms. The van der Waals surface area contributed by atoms with Crippen molar-refractivity contribution in [3.63, 3.8) is 0 Å². The van der Waals surface area contributed by atoms with E-state index in [1.165, 1.54) is 5.56 Å². The van der Waals surface area contributed by atoms with Crippen LogP contribution in [-0.4, -0.2) is 37.4 Å². The molecule has 1 heterocycles. The van der Waals surface area contributed by atoms with Crippen molar-refractivity contribution in [2.24, 2.45) is 5.92 Å². The fraction of sp³-hybridized carbons (Fsp3) is 0.391. The van der Waals surface area contributed by atoms with Crippen LogP contribution in [0.15, 0.2) is 48.5 Å². The van der Waals surface area contributed by atoms with Crippen LogP contribution in [0.25, 0.3) is 0 Å². The number of carbonyl (C=O) groups excluding carboxylic acids is 2. The second kappa shape index (κ2) is 8.46. The average molecular weight is 380 g/mol. The average Bonchev–Trinajstić information content (AvgIpc) is 3.09. The second-order valence-corrected chi connectivity index (χ2v) is 7.69. The monoisotopic (exact) mass is 380 g/mol. The predicted octanol–water partition coefficient (Wildman–Crippen LogP) is 3.83. The second-order valence-electron chi connectivity index (χ2n) is 7.69. The first-order chi connectivity index (χ1) is 13.4. The van der Waals surface area contributed by atoms with Crippen molar-refractivity contribution in [2.75, 3.05) is 25.6 Å². The molecule has 1 saturated heterocycles. The molecule has 5 nitrogen and oxygen atoms in total. The number of amides is 2. The number of carbonyl (C=O) groups is 2. The van der Waals surface area contributed by atoms with E-state index in [1.54, 1.807) is 24.0 Å². The predicted molar refractivity (Wildman–Crippen MR) is 110 cm³/mol. The number of rotatable bonds is 6. The van der Waals surface area contributed by atoms with Crippen LogP contribution in [0.3, 0.4) is 0 Å². The van der Waals surface area contributed by atoms with Gasteiger partial charge in [0.1, 0.15) is 5.75 Å². The minimum atomic E-state index is -0.305. The van der Waals surface area contributed by atoms with Crippen molar-refractivity contribution in [2.45, 2.75) is 32.7 Å². The summed E-state index contributed by atoms with van der Waals surface area (Å²) in [6, 6.07) is 15.7. The Labute approximate surface area is 166 Å². The Hall–Kier alpha value is -2.82. The van der Waals surface area contributed by atoms with Gasteiger partial charge in [0.05, 0.1) is 13.0 Å². The Bertz CT molecular complexity index is 828. The maximum absolute atomic E-state index is 12.9. The van der Waals surface area contributed by atoms with E-state index in [9.17, 15) is 9.59 Å². The maximum Gasteiger partial charge on any atom is 0.228 e. The number of hydrogen-bond acceptors (Lipinski definition) is 3. The largest absolute Gasteiger partial charge is 0.497 e. The van der Waals surface area contributed by atoms with E-state index in [4.69, 9.17) is 4.74 Å². The number of ether oxygens (including phenoxy) is 1. The molecule has 1 fully saturated rings. The first-order valence-electron chi connectivity index (χ1n) is 9.67. The Kier molecular flexibility index (Phi) is 6.02. The maximum atomic E-state index is 12.9. The van der Waals surface area contributed by atoms with E-state index in [-0.39, 0.29) is 24.2 Å². The summed E-state index contributed by atoms with van der Waals surface area (Å²) in [6.45, 7) is 5.23. The Morgan fingerprint density at radius 1 is 1.14 bits per heavy atom. The van der Waals surface area contributed by atoms with Crippen LogP contribution in [0.4, 0.5) is 5.69 Å². The Morgan fingerprint density at radius 3 is 2.36 bits per heavy atom. The van der Waals surface area contributed by atoms with Gasteiger partial charge in [-0.1, -0.05) is 38.1 Å². The lowest BCUT2D eigenvalue weighted by Crippen LogP contribution is -2.34. The molecule has 28 heavy (non-hydrogen) atoms. The number of benzene rings is 2. The van der Waals surface area contributed by atoms with Gasteiger partial charge in [0.25, 0.3) is 0 Å². The molecule has 0 aromatic heterocycles. The topological polar surface area (TPSA) is 49.9 Å². The summed E-state index contributed by atoms with van der Waals surface area (Å²) in [5, 5.41) is 0. The van der Waals surface area contributed by atoms with E-state index in [0.29, 0.717) is 19.0 Å². The summed E-state index contributed by atoms with van der Waals surface area (Å²) in [6.07, 6.45) is 0.262. The zero-order chi connectivity index (χ0) is 20.3. The molecular weight excluding hydrogens is 352 g/mol. The molecule has 1 aliphatic heterocycles. The quantitative estimate of drug-likeness (QED) is 0.765. The summed E-state index contributed by atoms with van der Waals surface area (Å²) in [4.78, 5) is 28.8. The highest BCUT2D eigenvalue weighted by Gasteiger charge is 2.36. The summed E-state index contributed by atoms with van der Waals surface area (Å²) in [7, 11) is 3.42. The van der Waals surface area contributed by atoms with Crippen molar-refractivity contribution >= 4 is 17.5 Å². The number of nitrogens with zero attached hydrogens (tertiary/aromatic N) is 2. The molecule has 1 aliphatic rings. The molecule has 0 aliphatic carbocycles. The van der Waals surface area contributed by atoms with Crippen LogP contribution in [0.5, 0.6) is 5.75 Å². The summed E-state index contributed by atoms with van der Waals surface area (Å²) >= 11 is 0. The molecule has 0 radical (unpaired) electrons. The van der Waals surface area contributed by atoms with Gasteiger partial charge in [-0.05, 0) is 41.3 Å². The van der Waals surface area contributed by atoms with Crippen LogP contribution in [0.1, 0.15) is 37.3 Å². The van der Waals surface area contributed by atoms with Gasteiger partial charge in [0.15, 0.2) is 0 Å². The third-order valence-electron chi connectivity index (χ3n) is 5.30. The lowest BCUT2D eigenvalue weighted by molar-refractivity contribution is -0.135. The highest BCUT2D eigenvalue weighted by Crippen LogP contribution is 2.28. The molecule has 5 heteroatoms. The summed E-state index contributed by atoms with van der Waals surface area (Å²) in [5.41, 5.74) is 3.13. The molecule has 2 aromatic rings. The highest BCUT2D eigenvalue weighted by atomic mass is 16.5. The molecule has 2 aromatic carbocycles. The van der Waals surface area contributed by atoms with Crippen molar-refractivity contribution in [3.8, 4) is 5.75 Å². The number of methoxy groups -OCH3 is 1. The SMILES string of the molecule is COc1ccc(CN(C)C(=O)C2CC(=O)N(c3ccc(C(C)C)cc3)C2)cc1. The minimum Gasteiger partial charge on any atom is -0.497 e. The molecule has 2 amide bonds. The zero-order valence-electron chi connectivity index (χ0n) is 17.0. The minimum absolute atomic E-state index is 0.00506. The van der Waals surface area contributed by atoms with Crippen molar-refractivity contribution < 1.29 is 14.3 Å². The van der Waals surface area contributed by atoms with Gasteiger partial charge in [-0.3, -0.25) is 9.59 Å². The molecule has 0 N–H and O–H groups in total. The van der Waals surface area contributed by atoms with Gasteiger partial charge < -0.3 is 14.5 Å². The first-order valence-corrected chi connectivity index (χ1v) is 9.67. The molecule has 148 valence electrons. The highest BCUT2D eigenvalue weighted by molar-refractivity contribution is 6.00. The number of hydrogen-bond donors (Lipinski definition) is 0. The van der Waals surface area contributed by atoms with E-state index in [1.807, 2.05) is 36.4 Å². The third-order valence-corrected chi connectivity index (χ3v) is 5.30. The van der Waals surface area contributed by atoms with Crippen LogP contribution < -0.4 is 9.64 Å². The van der Waals surface area contributed by atoms with Gasteiger partial charge in [-0.15, -0.1) is 0 Å². The van der Waals surface area contributed by atoms with E-state index >= 15 is 0 Å². The molecular formula is C23H28N2O3. The van der Waals surface area contributed by atoms with Crippen molar-refractivity contribution in [1.29, 1.82) is 0 Å². The van der Waals surface area contributed by atoms with Crippen LogP contribution in [0, 0.1) is 5.92 Å². The Balaban J connectivity index is 1.63. The van der Waals surface area contributed by atoms with E-state index in [0.717, 1.165) is 17.0 Å². The first kappa shape index (κ1) is 19.9. The van der Waals surface area contributed by atoms with Gasteiger partial charge in [-0.25, -0.2) is 0 Å². The third kappa shape index (κ3) is 4.35. The standard InChI is InChI=1S/C23H28N2O3/c1-16(2)18-7-9-20(10-8-18)25-15-19(13-22(25)26)23(27)24(3)14-17-5-11-21(28-4)12-6-17/h5-12,16,19H,13-15H2,1-4H3. The summed E-state index contributed by atoms with van der Waals surface area (Å²) in [5.74, 6) is 0.946. The van der Waals surface area contributed by atoms with Crippen LogP contribution in [0.2, 0.25) is 0 Å². The van der Waals surface area contributed by atoms with E-state index < -0.39 is 0 Å². The van der Waals surface area contributed by atoms with Gasteiger partial charge >= 0.3 is 0 Å². The molecule has 1 unspecified atom stereocenters. The lowest BCUT2D eigenvalue weighted by atomic mass is 10.0. The molecule has 3 rings (SSSR count). The Morgan fingerprint density at radius 2 is 1.79 bits per heavy atom. The molecule has 0 saturated carbocycles. The molecule has 0 spiro atoms. The van der Waals surface area contributed by atoms with Crippen LogP contribution >= 0.6 is 0 Å². The van der Waals surface area contributed by atoms with Gasteiger partial charge in [0, 0.05) is 32.2 Å². The number of anilines is 1. The van der Waals surface area contributed by atoms with Crippen LogP contribution in [-0.2, 0) is 16.1 Å². The van der Waals surface area contributed by atoms with E-state index in [2.05, 4.69) is 26.0 Å². The van der Waals surface area contributed by atoms with Crippen molar-refractivity contribution in [1.82, 2.24) is 4.90 Å². The summed E-state index contributed by atoms with van der Waals surface area (Å²) < 4.78 is 5.17. The normalized spacial score (nSPS) is 16.5. The molecule has 1 atom stereocenters.